The maximum atomic E-state index is 9.37. The summed E-state index contributed by atoms with van der Waals surface area (Å²) < 4.78 is 2.82. The summed E-state index contributed by atoms with van der Waals surface area (Å²) in [7, 11) is 0. The number of hydrogen-bond donors (Lipinski definition) is 1. The summed E-state index contributed by atoms with van der Waals surface area (Å²) in [5.41, 5.74) is 2.99. The first-order valence-electron chi connectivity index (χ1n) is 5.73. The SMILES string of the molecule is OCc1cc(Br)ccc1-n1ccc(C2CC2)n1. The molecule has 1 N–H and O–H groups in total. The Kier molecular flexibility index (Phi) is 2.76. The summed E-state index contributed by atoms with van der Waals surface area (Å²) in [5, 5.41) is 13.9. The Hall–Kier alpha value is -1.13. The van der Waals surface area contributed by atoms with Crippen LogP contribution in [0.15, 0.2) is 34.9 Å². The quantitative estimate of drug-likeness (QED) is 0.944. The Labute approximate surface area is 108 Å². The Morgan fingerprint density at radius 3 is 2.88 bits per heavy atom. The van der Waals surface area contributed by atoms with Gasteiger partial charge in [-0.2, -0.15) is 5.10 Å². The molecule has 1 aliphatic rings. The number of hydrogen-bond acceptors (Lipinski definition) is 2. The second-order valence-electron chi connectivity index (χ2n) is 4.39. The lowest BCUT2D eigenvalue weighted by molar-refractivity contribution is 0.281. The Morgan fingerprint density at radius 1 is 1.35 bits per heavy atom. The van der Waals surface area contributed by atoms with Crippen LogP contribution in [-0.2, 0) is 6.61 Å². The van der Waals surface area contributed by atoms with Crippen molar-refractivity contribution in [2.75, 3.05) is 0 Å². The second kappa shape index (κ2) is 4.27. The fourth-order valence-electron chi connectivity index (χ4n) is 1.97. The molecule has 0 aliphatic heterocycles. The van der Waals surface area contributed by atoms with Gasteiger partial charge in [-0.05, 0) is 37.1 Å². The summed E-state index contributed by atoms with van der Waals surface area (Å²) >= 11 is 3.41. The largest absolute Gasteiger partial charge is 0.392 e. The normalized spacial score (nSPS) is 15.2. The zero-order valence-corrected chi connectivity index (χ0v) is 10.9. The van der Waals surface area contributed by atoms with Crippen molar-refractivity contribution < 1.29 is 5.11 Å². The molecular formula is C13H13BrN2O. The van der Waals surface area contributed by atoms with E-state index in [0.29, 0.717) is 5.92 Å². The number of benzene rings is 1. The molecule has 3 nitrogen and oxygen atoms in total. The third-order valence-electron chi connectivity index (χ3n) is 3.06. The van der Waals surface area contributed by atoms with E-state index in [-0.39, 0.29) is 6.61 Å². The monoisotopic (exact) mass is 292 g/mol. The highest BCUT2D eigenvalue weighted by Gasteiger charge is 2.26. The lowest BCUT2D eigenvalue weighted by Gasteiger charge is -2.07. The molecule has 1 fully saturated rings. The van der Waals surface area contributed by atoms with Gasteiger partial charge in [-0.3, -0.25) is 0 Å². The van der Waals surface area contributed by atoms with Crippen LogP contribution in [0, 0.1) is 0 Å². The molecule has 17 heavy (non-hydrogen) atoms. The van der Waals surface area contributed by atoms with Crippen molar-refractivity contribution in [2.45, 2.75) is 25.4 Å². The van der Waals surface area contributed by atoms with Gasteiger partial charge >= 0.3 is 0 Å². The molecule has 88 valence electrons. The molecule has 3 rings (SSSR count). The maximum Gasteiger partial charge on any atom is 0.0703 e. The summed E-state index contributed by atoms with van der Waals surface area (Å²) in [6, 6.07) is 7.93. The van der Waals surface area contributed by atoms with Gasteiger partial charge in [0.25, 0.3) is 0 Å². The fourth-order valence-corrected chi connectivity index (χ4v) is 2.38. The Bertz CT molecular complexity index is 546. The molecule has 0 saturated heterocycles. The minimum atomic E-state index is 0.0212. The van der Waals surface area contributed by atoms with E-state index in [0.717, 1.165) is 21.4 Å². The molecular weight excluding hydrogens is 280 g/mol. The van der Waals surface area contributed by atoms with Crippen LogP contribution in [-0.4, -0.2) is 14.9 Å². The number of rotatable bonds is 3. The van der Waals surface area contributed by atoms with Crippen LogP contribution in [0.1, 0.15) is 30.0 Å². The van der Waals surface area contributed by atoms with Crippen LogP contribution >= 0.6 is 15.9 Å². The molecule has 1 heterocycles. The van der Waals surface area contributed by atoms with Crippen molar-refractivity contribution in [3.05, 3.63) is 46.2 Å². The van der Waals surface area contributed by atoms with E-state index < -0.39 is 0 Å². The second-order valence-corrected chi connectivity index (χ2v) is 5.31. The average Bonchev–Trinajstić information content (AvgIpc) is 3.08. The van der Waals surface area contributed by atoms with E-state index in [1.165, 1.54) is 12.8 Å². The van der Waals surface area contributed by atoms with Gasteiger partial charge < -0.3 is 5.11 Å². The molecule has 0 amide bonds. The summed E-state index contributed by atoms with van der Waals surface area (Å²) in [6.45, 7) is 0.0212. The van der Waals surface area contributed by atoms with Gasteiger partial charge in [0.15, 0.2) is 0 Å². The average molecular weight is 293 g/mol. The summed E-state index contributed by atoms with van der Waals surface area (Å²) in [5.74, 6) is 0.657. The molecule has 0 spiro atoms. The topological polar surface area (TPSA) is 38.0 Å². The molecule has 1 saturated carbocycles. The van der Waals surface area contributed by atoms with Crippen molar-refractivity contribution in [3.8, 4) is 5.69 Å². The predicted molar refractivity (Wildman–Crippen MR) is 69.2 cm³/mol. The minimum absolute atomic E-state index is 0.0212. The standard InChI is InChI=1S/C13H13BrN2O/c14-11-3-4-13(10(7-11)8-17)16-6-5-12(15-16)9-1-2-9/h3-7,9,17H,1-2,8H2. The molecule has 4 heteroatoms. The zero-order chi connectivity index (χ0) is 11.8. The first-order valence-corrected chi connectivity index (χ1v) is 6.52. The van der Waals surface area contributed by atoms with Crippen LogP contribution in [0.25, 0.3) is 5.69 Å². The van der Waals surface area contributed by atoms with Gasteiger partial charge in [0.2, 0.25) is 0 Å². The van der Waals surface area contributed by atoms with E-state index in [2.05, 4.69) is 27.1 Å². The molecule has 1 aromatic heterocycles. The van der Waals surface area contributed by atoms with Gasteiger partial charge in [0.1, 0.15) is 0 Å². The Morgan fingerprint density at radius 2 is 2.18 bits per heavy atom. The molecule has 1 aromatic carbocycles. The van der Waals surface area contributed by atoms with Crippen LogP contribution in [0.4, 0.5) is 0 Å². The van der Waals surface area contributed by atoms with Crippen LogP contribution in [0.5, 0.6) is 0 Å². The third kappa shape index (κ3) is 2.15. The molecule has 0 bridgehead atoms. The number of nitrogens with zero attached hydrogens (tertiary/aromatic N) is 2. The zero-order valence-electron chi connectivity index (χ0n) is 9.31. The lowest BCUT2D eigenvalue weighted by atomic mass is 10.2. The van der Waals surface area contributed by atoms with Gasteiger partial charge in [-0.15, -0.1) is 0 Å². The van der Waals surface area contributed by atoms with Gasteiger partial charge in [-0.1, -0.05) is 15.9 Å². The van der Waals surface area contributed by atoms with Crippen molar-refractivity contribution in [1.82, 2.24) is 9.78 Å². The summed E-state index contributed by atoms with van der Waals surface area (Å²) in [4.78, 5) is 0. The molecule has 0 unspecified atom stereocenters. The van der Waals surface area contributed by atoms with Gasteiger partial charge in [0.05, 0.1) is 18.0 Å². The lowest BCUT2D eigenvalue weighted by Crippen LogP contribution is -2.01. The third-order valence-corrected chi connectivity index (χ3v) is 3.56. The van der Waals surface area contributed by atoms with E-state index >= 15 is 0 Å². The predicted octanol–water partition coefficient (Wildman–Crippen LogP) is 3.00. The highest BCUT2D eigenvalue weighted by Crippen LogP contribution is 2.39. The smallest absolute Gasteiger partial charge is 0.0703 e. The number of aliphatic hydroxyl groups is 1. The van der Waals surface area contributed by atoms with Crippen molar-refractivity contribution in [3.63, 3.8) is 0 Å². The molecule has 2 aromatic rings. The molecule has 0 atom stereocenters. The van der Waals surface area contributed by atoms with Crippen molar-refractivity contribution >= 4 is 15.9 Å². The highest BCUT2D eigenvalue weighted by atomic mass is 79.9. The number of halogens is 1. The van der Waals surface area contributed by atoms with Crippen molar-refractivity contribution in [2.24, 2.45) is 0 Å². The first-order chi connectivity index (χ1) is 8.28. The van der Waals surface area contributed by atoms with E-state index in [9.17, 15) is 5.11 Å². The summed E-state index contributed by atoms with van der Waals surface area (Å²) in [6.07, 6.45) is 4.48. The van der Waals surface area contributed by atoms with E-state index in [4.69, 9.17) is 0 Å². The Balaban J connectivity index is 2.01. The van der Waals surface area contributed by atoms with E-state index in [1.807, 2.05) is 29.1 Å². The van der Waals surface area contributed by atoms with Crippen molar-refractivity contribution in [1.29, 1.82) is 0 Å². The number of aromatic nitrogens is 2. The fraction of sp³-hybridized carbons (Fsp3) is 0.308. The van der Waals surface area contributed by atoms with Crippen LogP contribution in [0.3, 0.4) is 0 Å². The van der Waals surface area contributed by atoms with Crippen LogP contribution in [0.2, 0.25) is 0 Å². The molecule has 1 aliphatic carbocycles. The van der Waals surface area contributed by atoms with Gasteiger partial charge in [-0.25, -0.2) is 4.68 Å². The first kappa shape index (κ1) is 11.0. The minimum Gasteiger partial charge on any atom is -0.392 e. The van der Waals surface area contributed by atoms with Gasteiger partial charge in [0, 0.05) is 22.2 Å². The van der Waals surface area contributed by atoms with E-state index in [1.54, 1.807) is 0 Å². The molecule has 0 radical (unpaired) electrons. The maximum absolute atomic E-state index is 9.37. The highest BCUT2D eigenvalue weighted by molar-refractivity contribution is 9.10. The van der Waals surface area contributed by atoms with Crippen LogP contribution < -0.4 is 0 Å². The number of aliphatic hydroxyl groups excluding tert-OH is 1.